The van der Waals surface area contributed by atoms with Crippen molar-refractivity contribution in [1.29, 1.82) is 0 Å². The highest BCUT2D eigenvalue weighted by atomic mass is 28.4. The molecule has 0 aliphatic rings. The molecule has 0 aromatic heterocycles. The summed E-state index contributed by atoms with van der Waals surface area (Å²) in [7, 11) is -0.991. The SMILES string of the molecule is CCO[Si](CCCNC(=O)OCCCCOCCOC)(OCC)OCC. The molecule has 9 heteroatoms. The molecule has 0 fully saturated rings. The van der Waals surface area contributed by atoms with Crippen LogP contribution in [0.3, 0.4) is 0 Å². The number of methoxy groups -OCH3 is 1. The highest BCUT2D eigenvalue weighted by molar-refractivity contribution is 6.60. The Kier molecular flexibility index (Phi) is 17.2. The number of carbonyl (C=O) groups excluding carboxylic acids is 1. The van der Waals surface area contributed by atoms with Crippen molar-refractivity contribution in [3.05, 3.63) is 0 Å². The van der Waals surface area contributed by atoms with Crippen LogP contribution in [0.1, 0.15) is 40.0 Å². The molecule has 0 bridgehead atoms. The van der Waals surface area contributed by atoms with E-state index in [0.29, 0.717) is 65.3 Å². The third-order valence-electron chi connectivity index (χ3n) is 3.37. The van der Waals surface area contributed by atoms with E-state index in [4.69, 9.17) is 27.5 Å². The average molecular weight is 396 g/mol. The first-order chi connectivity index (χ1) is 12.6. The molecule has 1 N–H and O–H groups in total. The van der Waals surface area contributed by atoms with E-state index in [1.165, 1.54) is 0 Å². The van der Waals surface area contributed by atoms with E-state index in [9.17, 15) is 4.79 Å². The van der Waals surface area contributed by atoms with Gasteiger partial charge in [-0.1, -0.05) is 0 Å². The summed E-state index contributed by atoms with van der Waals surface area (Å²) in [6, 6.07) is 0.668. The molecule has 0 heterocycles. The Labute approximate surface area is 159 Å². The fourth-order valence-corrected chi connectivity index (χ4v) is 4.88. The van der Waals surface area contributed by atoms with Gasteiger partial charge in [-0.3, -0.25) is 0 Å². The Bertz CT molecular complexity index is 317. The minimum Gasteiger partial charge on any atom is -0.450 e. The Balaban J connectivity index is 3.78. The van der Waals surface area contributed by atoms with E-state index >= 15 is 0 Å². The molecular weight excluding hydrogens is 358 g/mol. The number of ether oxygens (including phenoxy) is 3. The minimum absolute atomic E-state index is 0.384. The van der Waals surface area contributed by atoms with Crippen LogP contribution in [-0.4, -0.2) is 74.8 Å². The number of unbranched alkanes of at least 4 members (excludes halogenated alkanes) is 1. The number of alkyl carbamates (subject to hydrolysis) is 1. The van der Waals surface area contributed by atoms with Crippen molar-refractivity contribution < 1.29 is 32.3 Å². The van der Waals surface area contributed by atoms with Crippen LogP contribution in [0.15, 0.2) is 0 Å². The van der Waals surface area contributed by atoms with Gasteiger partial charge >= 0.3 is 14.9 Å². The Morgan fingerprint density at radius 1 is 0.846 bits per heavy atom. The maximum atomic E-state index is 11.7. The van der Waals surface area contributed by atoms with Crippen LogP contribution in [0.4, 0.5) is 4.79 Å². The molecule has 0 rings (SSSR count). The van der Waals surface area contributed by atoms with Crippen molar-refractivity contribution in [3.8, 4) is 0 Å². The molecule has 8 nitrogen and oxygen atoms in total. The minimum atomic E-state index is -2.63. The number of carbonyl (C=O) groups is 1. The van der Waals surface area contributed by atoms with Crippen LogP contribution < -0.4 is 5.32 Å². The summed E-state index contributed by atoms with van der Waals surface area (Å²) in [5, 5.41) is 2.75. The second-order valence-corrected chi connectivity index (χ2v) is 8.19. The molecule has 0 aliphatic carbocycles. The van der Waals surface area contributed by atoms with Gasteiger partial charge in [-0.2, -0.15) is 0 Å². The Hall–Kier alpha value is -0.713. The predicted molar refractivity (Wildman–Crippen MR) is 101 cm³/mol. The Morgan fingerprint density at radius 3 is 2.04 bits per heavy atom. The summed E-state index contributed by atoms with van der Waals surface area (Å²) >= 11 is 0. The lowest BCUT2D eigenvalue weighted by molar-refractivity contribution is 0.0657. The molecule has 0 atom stereocenters. The highest BCUT2D eigenvalue weighted by Gasteiger charge is 2.39. The van der Waals surface area contributed by atoms with Crippen molar-refractivity contribution in [2.24, 2.45) is 0 Å². The van der Waals surface area contributed by atoms with Gasteiger partial charge in [-0.05, 0) is 40.0 Å². The zero-order chi connectivity index (χ0) is 19.5. The molecule has 0 radical (unpaired) electrons. The third-order valence-corrected chi connectivity index (χ3v) is 6.52. The van der Waals surface area contributed by atoms with Crippen molar-refractivity contribution >= 4 is 14.9 Å². The van der Waals surface area contributed by atoms with Gasteiger partial charge in [-0.25, -0.2) is 4.79 Å². The molecule has 0 unspecified atom stereocenters. The van der Waals surface area contributed by atoms with E-state index in [1.807, 2.05) is 20.8 Å². The summed E-state index contributed by atoms with van der Waals surface area (Å²) < 4.78 is 32.7. The van der Waals surface area contributed by atoms with E-state index in [2.05, 4.69) is 5.32 Å². The zero-order valence-electron chi connectivity index (χ0n) is 16.8. The van der Waals surface area contributed by atoms with E-state index in [0.717, 1.165) is 12.8 Å². The lowest BCUT2D eigenvalue weighted by Gasteiger charge is -2.28. The summed E-state index contributed by atoms with van der Waals surface area (Å²) in [5.74, 6) is 0. The second kappa shape index (κ2) is 17.7. The summed E-state index contributed by atoms with van der Waals surface area (Å²) in [6.07, 6.45) is 1.94. The van der Waals surface area contributed by atoms with Crippen LogP contribution >= 0.6 is 0 Å². The molecular formula is C17H37NO7Si. The first-order valence-electron chi connectivity index (χ1n) is 9.53. The topological polar surface area (TPSA) is 84.5 Å². The number of amides is 1. The molecule has 0 aromatic rings. The molecule has 1 amide bonds. The van der Waals surface area contributed by atoms with E-state index in [1.54, 1.807) is 7.11 Å². The van der Waals surface area contributed by atoms with Gasteiger partial charge in [0.25, 0.3) is 0 Å². The van der Waals surface area contributed by atoms with Crippen LogP contribution in [-0.2, 0) is 27.5 Å². The molecule has 26 heavy (non-hydrogen) atoms. The number of hydrogen-bond donors (Lipinski definition) is 1. The fraction of sp³-hybridized carbons (Fsp3) is 0.941. The Morgan fingerprint density at radius 2 is 1.46 bits per heavy atom. The maximum Gasteiger partial charge on any atom is 0.500 e. The van der Waals surface area contributed by atoms with E-state index < -0.39 is 14.9 Å². The summed E-state index contributed by atoms with van der Waals surface area (Å²) in [6.45, 7) is 10.2. The van der Waals surface area contributed by atoms with Crippen LogP contribution in [0.25, 0.3) is 0 Å². The van der Waals surface area contributed by atoms with E-state index in [-0.39, 0.29) is 0 Å². The van der Waals surface area contributed by atoms with Gasteiger partial charge in [0.05, 0.1) is 19.8 Å². The van der Waals surface area contributed by atoms with Crippen LogP contribution in [0.2, 0.25) is 6.04 Å². The predicted octanol–water partition coefficient (Wildman–Crippen LogP) is 2.59. The van der Waals surface area contributed by atoms with Crippen molar-refractivity contribution in [2.45, 2.75) is 46.1 Å². The quantitative estimate of drug-likeness (QED) is 0.282. The van der Waals surface area contributed by atoms with Gasteiger partial charge in [0, 0.05) is 46.1 Å². The molecule has 0 saturated carbocycles. The molecule has 156 valence electrons. The van der Waals surface area contributed by atoms with Crippen LogP contribution in [0, 0.1) is 0 Å². The first kappa shape index (κ1) is 25.3. The standard InChI is InChI=1S/C17H37NO7Si/c1-5-23-26(24-6-2,25-7-3)16-10-11-18-17(19)22-13-9-8-12-21-15-14-20-4/h5-16H2,1-4H3,(H,18,19). The number of hydrogen-bond acceptors (Lipinski definition) is 7. The highest BCUT2D eigenvalue weighted by Crippen LogP contribution is 2.17. The molecule has 0 aromatic carbocycles. The van der Waals surface area contributed by atoms with Gasteiger partial charge in [0.2, 0.25) is 0 Å². The lowest BCUT2D eigenvalue weighted by Crippen LogP contribution is -2.46. The molecule has 0 saturated heterocycles. The van der Waals surface area contributed by atoms with Crippen molar-refractivity contribution in [2.75, 3.05) is 59.9 Å². The number of nitrogens with one attached hydrogen (secondary N) is 1. The normalized spacial score (nSPS) is 11.5. The largest absolute Gasteiger partial charge is 0.500 e. The third kappa shape index (κ3) is 13.5. The lowest BCUT2D eigenvalue weighted by atomic mass is 10.3. The van der Waals surface area contributed by atoms with Crippen LogP contribution in [0.5, 0.6) is 0 Å². The van der Waals surface area contributed by atoms with Gasteiger partial charge < -0.3 is 32.8 Å². The van der Waals surface area contributed by atoms with Crippen molar-refractivity contribution in [1.82, 2.24) is 5.32 Å². The zero-order valence-corrected chi connectivity index (χ0v) is 17.8. The summed E-state index contributed by atoms with van der Waals surface area (Å²) in [5.41, 5.74) is 0. The maximum absolute atomic E-state index is 11.7. The molecule has 0 spiro atoms. The first-order valence-corrected chi connectivity index (χ1v) is 11.5. The van der Waals surface area contributed by atoms with Crippen molar-refractivity contribution in [3.63, 3.8) is 0 Å². The second-order valence-electron chi connectivity index (χ2n) is 5.46. The van der Waals surface area contributed by atoms with Gasteiger partial charge in [0.1, 0.15) is 0 Å². The molecule has 0 aliphatic heterocycles. The number of rotatable bonds is 18. The fourth-order valence-electron chi connectivity index (χ4n) is 2.26. The summed E-state index contributed by atoms with van der Waals surface area (Å²) in [4.78, 5) is 11.7. The smallest absolute Gasteiger partial charge is 0.450 e. The van der Waals surface area contributed by atoms with Gasteiger partial charge in [0.15, 0.2) is 0 Å². The van der Waals surface area contributed by atoms with Gasteiger partial charge in [-0.15, -0.1) is 0 Å². The average Bonchev–Trinajstić information content (AvgIpc) is 2.62. The monoisotopic (exact) mass is 395 g/mol.